The molecule has 2 heterocycles. The van der Waals surface area contributed by atoms with Gasteiger partial charge in [0.05, 0.1) is 17.1 Å². The molecule has 84 valence electrons. The van der Waals surface area contributed by atoms with Crippen molar-refractivity contribution in [1.82, 2.24) is 9.61 Å². The highest BCUT2D eigenvalue weighted by atomic mass is 16.4. The van der Waals surface area contributed by atoms with E-state index in [9.17, 15) is 4.79 Å². The van der Waals surface area contributed by atoms with Crippen LogP contribution in [-0.4, -0.2) is 20.7 Å². The zero-order chi connectivity index (χ0) is 11.7. The minimum atomic E-state index is -0.784. The molecule has 0 aliphatic carbocycles. The van der Waals surface area contributed by atoms with Crippen LogP contribution in [0.3, 0.4) is 0 Å². The van der Waals surface area contributed by atoms with Gasteiger partial charge in [-0.2, -0.15) is 5.10 Å². The van der Waals surface area contributed by atoms with E-state index in [2.05, 4.69) is 5.10 Å². The monoisotopic (exact) mass is 218 g/mol. The van der Waals surface area contributed by atoms with Crippen LogP contribution in [0.4, 0.5) is 0 Å². The third-order valence-electron chi connectivity index (χ3n) is 2.66. The van der Waals surface area contributed by atoms with Crippen LogP contribution in [-0.2, 0) is 11.2 Å². The largest absolute Gasteiger partial charge is 0.481 e. The van der Waals surface area contributed by atoms with Crippen LogP contribution in [0.1, 0.15) is 18.3 Å². The number of hydrogen-bond donors (Lipinski definition) is 1. The molecule has 0 aliphatic heterocycles. The lowest BCUT2D eigenvalue weighted by Gasteiger charge is -2.01. The van der Waals surface area contributed by atoms with Crippen LogP contribution in [0.2, 0.25) is 0 Å². The maximum atomic E-state index is 10.8. The summed E-state index contributed by atoms with van der Waals surface area (Å²) in [6.07, 6.45) is 0.469. The molecule has 0 radical (unpaired) electrons. The summed E-state index contributed by atoms with van der Waals surface area (Å²) in [5.74, 6) is -1.18. The second-order valence-electron chi connectivity index (χ2n) is 4.08. The second kappa shape index (κ2) is 3.96. The van der Waals surface area contributed by atoms with Crippen molar-refractivity contribution >= 4 is 11.5 Å². The van der Waals surface area contributed by atoms with E-state index < -0.39 is 11.9 Å². The zero-order valence-electron chi connectivity index (χ0n) is 9.34. The summed E-state index contributed by atoms with van der Waals surface area (Å²) in [6, 6.07) is 7.85. The first-order valence-corrected chi connectivity index (χ1v) is 5.25. The number of aryl methyl sites for hydroxylation is 1. The Morgan fingerprint density at radius 2 is 2.31 bits per heavy atom. The molecule has 0 aromatic carbocycles. The Hall–Kier alpha value is -1.84. The zero-order valence-corrected chi connectivity index (χ0v) is 9.34. The van der Waals surface area contributed by atoms with E-state index in [1.54, 1.807) is 6.92 Å². The molecule has 2 aromatic rings. The molecular weight excluding hydrogens is 204 g/mol. The summed E-state index contributed by atoms with van der Waals surface area (Å²) in [5, 5.41) is 13.2. The van der Waals surface area contributed by atoms with Crippen LogP contribution in [0.15, 0.2) is 24.3 Å². The predicted molar refractivity (Wildman–Crippen MR) is 60.4 cm³/mol. The lowest BCUT2D eigenvalue weighted by atomic mass is 10.1. The normalized spacial score (nSPS) is 12.9. The molecule has 0 fully saturated rings. The number of fused-ring (bicyclic) bond motifs is 1. The highest BCUT2D eigenvalue weighted by Gasteiger charge is 2.14. The van der Waals surface area contributed by atoms with Crippen LogP contribution < -0.4 is 0 Å². The number of aromatic nitrogens is 2. The fraction of sp³-hybridized carbons (Fsp3) is 0.333. The number of carboxylic acid groups (broad SMARTS) is 1. The Bertz CT molecular complexity index is 531. The summed E-state index contributed by atoms with van der Waals surface area (Å²) in [6.45, 7) is 3.67. The molecule has 2 aromatic heterocycles. The maximum absolute atomic E-state index is 10.8. The van der Waals surface area contributed by atoms with Crippen molar-refractivity contribution < 1.29 is 9.90 Å². The van der Waals surface area contributed by atoms with Crippen molar-refractivity contribution in [1.29, 1.82) is 0 Å². The SMILES string of the molecule is Cc1cccc2cc(CC(C)C(=O)O)nn12. The molecule has 0 bridgehead atoms. The van der Waals surface area contributed by atoms with Gasteiger partial charge in [0.1, 0.15) is 0 Å². The van der Waals surface area contributed by atoms with E-state index in [1.807, 2.05) is 35.7 Å². The van der Waals surface area contributed by atoms with Gasteiger partial charge in [-0.3, -0.25) is 4.79 Å². The number of aliphatic carboxylic acids is 1. The number of rotatable bonds is 3. The highest BCUT2D eigenvalue weighted by molar-refractivity contribution is 5.69. The third-order valence-corrected chi connectivity index (χ3v) is 2.66. The Morgan fingerprint density at radius 3 is 2.94 bits per heavy atom. The Morgan fingerprint density at radius 1 is 1.56 bits per heavy atom. The fourth-order valence-electron chi connectivity index (χ4n) is 1.71. The van der Waals surface area contributed by atoms with E-state index >= 15 is 0 Å². The predicted octanol–water partition coefficient (Wildman–Crippen LogP) is 1.91. The molecular formula is C12H14N2O2. The van der Waals surface area contributed by atoms with Gasteiger partial charge in [0.15, 0.2) is 0 Å². The van der Waals surface area contributed by atoms with Crippen molar-refractivity contribution in [2.75, 3.05) is 0 Å². The van der Waals surface area contributed by atoms with E-state index in [4.69, 9.17) is 5.11 Å². The van der Waals surface area contributed by atoms with Crippen molar-refractivity contribution in [3.63, 3.8) is 0 Å². The molecule has 4 nitrogen and oxygen atoms in total. The van der Waals surface area contributed by atoms with Crippen molar-refractivity contribution in [3.05, 3.63) is 35.7 Å². The first-order valence-electron chi connectivity index (χ1n) is 5.25. The Kier molecular flexibility index (Phi) is 2.64. The smallest absolute Gasteiger partial charge is 0.306 e. The molecule has 0 aliphatic rings. The van der Waals surface area contributed by atoms with Gasteiger partial charge >= 0.3 is 5.97 Å². The van der Waals surface area contributed by atoms with Gasteiger partial charge in [-0.25, -0.2) is 4.52 Å². The quantitative estimate of drug-likeness (QED) is 0.856. The van der Waals surface area contributed by atoms with E-state index in [0.29, 0.717) is 6.42 Å². The lowest BCUT2D eigenvalue weighted by molar-refractivity contribution is -0.141. The molecule has 1 unspecified atom stereocenters. The molecule has 1 N–H and O–H groups in total. The van der Waals surface area contributed by atoms with Crippen LogP contribution in [0, 0.1) is 12.8 Å². The van der Waals surface area contributed by atoms with Gasteiger partial charge in [-0.05, 0) is 25.1 Å². The molecule has 1 atom stereocenters. The Labute approximate surface area is 93.5 Å². The molecule has 4 heteroatoms. The van der Waals surface area contributed by atoms with Gasteiger partial charge in [-0.1, -0.05) is 13.0 Å². The first-order chi connectivity index (χ1) is 7.58. The van der Waals surface area contributed by atoms with E-state index in [1.165, 1.54) is 0 Å². The Balaban J connectivity index is 2.33. The standard InChI is InChI=1S/C12H14N2O2/c1-8(12(15)16)6-10-7-11-5-3-4-9(2)14(11)13-10/h3-5,7-8H,6H2,1-2H3,(H,15,16). The number of pyridine rings is 1. The van der Waals surface area contributed by atoms with Crippen LogP contribution in [0.25, 0.3) is 5.52 Å². The first kappa shape index (κ1) is 10.7. The average molecular weight is 218 g/mol. The van der Waals surface area contributed by atoms with Crippen molar-refractivity contribution in [2.24, 2.45) is 5.92 Å². The molecule has 0 amide bonds. The molecule has 0 saturated carbocycles. The van der Waals surface area contributed by atoms with Gasteiger partial charge in [0.2, 0.25) is 0 Å². The van der Waals surface area contributed by atoms with Gasteiger partial charge in [0, 0.05) is 12.1 Å². The summed E-state index contributed by atoms with van der Waals surface area (Å²) in [5.41, 5.74) is 2.88. The van der Waals surface area contributed by atoms with Crippen LogP contribution in [0.5, 0.6) is 0 Å². The maximum Gasteiger partial charge on any atom is 0.306 e. The third kappa shape index (κ3) is 1.91. The second-order valence-corrected chi connectivity index (χ2v) is 4.08. The molecule has 2 rings (SSSR count). The minimum absolute atomic E-state index is 0.398. The molecule has 16 heavy (non-hydrogen) atoms. The summed E-state index contributed by atoms with van der Waals surface area (Å²) < 4.78 is 1.84. The van der Waals surface area contributed by atoms with E-state index in [0.717, 1.165) is 16.9 Å². The lowest BCUT2D eigenvalue weighted by Crippen LogP contribution is -2.12. The summed E-state index contributed by atoms with van der Waals surface area (Å²) >= 11 is 0. The molecule has 0 saturated heterocycles. The van der Waals surface area contributed by atoms with Gasteiger partial charge in [-0.15, -0.1) is 0 Å². The number of hydrogen-bond acceptors (Lipinski definition) is 2. The minimum Gasteiger partial charge on any atom is -0.481 e. The number of nitrogens with zero attached hydrogens (tertiary/aromatic N) is 2. The van der Waals surface area contributed by atoms with Crippen molar-refractivity contribution in [2.45, 2.75) is 20.3 Å². The topological polar surface area (TPSA) is 54.6 Å². The van der Waals surface area contributed by atoms with E-state index in [-0.39, 0.29) is 0 Å². The van der Waals surface area contributed by atoms with Gasteiger partial charge in [0.25, 0.3) is 0 Å². The van der Waals surface area contributed by atoms with Crippen molar-refractivity contribution in [3.8, 4) is 0 Å². The molecule has 0 spiro atoms. The highest BCUT2D eigenvalue weighted by Crippen LogP contribution is 2.12. The summed E-state index contributed by atoms with van der Waals surface area (Å²) in [4.78, 5) is 10.8. The number of carboxylic acids is 1. The number of carbonyl (C=O) groups is 1. The fourth-order valence-corrected chi connectivity index (χ4v) is 1.71. The van der Waals surface area contributed by atoms with Gasteiger partial charge < -0.3 is 5.11 Å². The summed E-state index contributed by atoms with van der Waals surface area (Å²) in [7, 11) is 0. The van der Waals surface area contributed by atoms with Crippen LogP contribution >= 0.6 is 0 Å². The average Bonchev–Trinajstić information content (AvgIpc) is 2.61.